The van der Waals surface area contributed by atoms with Crippen molar-refractivity contribution in [2.24, 2.45) is 40.9 Å². The lowest BCUT2D eigenvalue weighted by Crippen LogP contribution is -2.63. The van der Waals surface area contributed by atoms with Gasteiger partial charge in [-0.1, -0.05) is 59.8 Å². The van der Waals surface area contributed by atoms with Crippen LogP contribution in [0.3, 0.4) is 0 Å². The van der Waals surface area contributed by atoms with E-state index in [1.807, 2.05) is 27.7 Å². The van der Waals surface area contributed by atoms with Crippen LogP contribution in [0.15, 0.2) is 0 Å². The normalized spacial score (nSPS) is 31.8. The minimum atomic E-state index is -0.888. The Morgan fingerprint density at radius 1 is 0.971 bits per heavy atom. The van der Waals surface area contributed by atoms with Crippen LogP contribution in [0.25, 0.3) is 0 Å². The Morgan fingerprint density at radius 3 is 1.97 bits per heavy atom. The molecule has 5 aliphatic rings. The second-order valence-corrected chi connectivity index (χ2v) is 13.8. The lowest BCUT2D eigenvalue weighted by Gasteiger charge is -2.57. The number of carboxylic acid groups (broad SMARTS) is 1. The van der Waals surface area contributed by atoms with Gasteiger partial charge in [-0.15, -0.1) is 0 Å². The first-order valence-electron chi connectivity index (χ1n) is 14.3. The van der Waals surface area contributed by atoms with Crippen molar-refractivity contribution >= 4 is 17.9 Å². The lowest BCUT2D eigenvalue weighted by atomic mass is 9.53. The van der Waals surface area contributed by atoms with Gasteiger partial charge in [0.05, 0.1) is 11.8 Å². The first-order valence-corrected chi connectivity index (χ1v) is 14.3. The zero-order valence-corrected chi connectivity index (χ0v) is 22.5. The Morgan fingerprint density at radius 2 is 1.51 bits per heavy atom. The van der Waals surface area contributed by atoms with E-state index >= 15 is 0 Å². The minimum Gasteiger partial charge on any atom is -0.481 e. The van der Waals surface area contributed by atoms with E-state index in [1.54, 1.807) is 0 Å². The van der Waals surface area contributed by atoms with Crippen molar-refractivity contribution in [2.45, 2.75) is 117 Å². The third kappa shape index (κ3) is 6.22. The molecular weight excluding hydrogens is 440 g/mol. The molecule has 0 spiro atoms. The highest BCUT2D eigenvalue weighted by Crippen LogP contribution is 2.55. The number of urea groups is 1. The molecule has 0 radical (unpaired) electrons. The quantitative estimate of drug-likeness (QED) is 0.402. The van der Waals surface area contributed by atoms with Crippen molar-refractivity contribution in [3.8, 4) is 0 Å². The molecule has 2 atom stereocenters. The fraction of sp³-hybridized carbons (Fsp3) is 0.897. The summed E-state index contributed by atoms with van der Waals surface area (Å²) in [6.07, 6.45) is 13.1. The number of carboxylic acids is 1. The fourth-order valence-corrected chi connectivity index (χ4v) is 8.33. The van der Waals surface area contributed by atoms with Gasteiger partial charge in [-0.2, -0.15) is 0 Å². The van der Waals surface area contributed by atoms with Crippen molar-refractivity contribution in [2.75, 3.05) is 6.54 Å². The Bertz CT molecular complexity index is 760. The van der Waals surface area contributed by atoms with Crippen LogP contribution in [0.2, 0.25) is 0 Å². The summed E-state index contributed by atoms with van der Waals surface area (Å²) in [5.41, 5.74) is -0.450. The monoisotopic (exact) mass is 488 g/mol. The predicted molar refractivity (Wildman–Crippen MR) is 137 cm³/mol. The van der Waals surface area contributed by atoms with Gasteiger partial charge in [0.15, 0.2) is 0 Å². The summed E-state index contributed by atoms with van der Waals surface area (Å²) in [6, 6.07) is -0.294. The second-order valence-electron chi connectivity index (χ2n) is 13.8. The van der Waals surface area contributed by atoms with Crippen LogP contribution in [-0.2, 0) is 9.59 Å². The molecule has 3 amide bonds. The third-order valence-corrected chi connectivity index (χ3v) is 9.34. The van der Waals surface area contributed by atoms with Gasteiger partial charge >= 0.3 is 12.0 Å². The third-order valence-electron chi connectivity index (χ3n) is 9.34. The molecule has 5 rings (SSSR count). The Kier molecular flexibility index (Phi) is 7.88. The average Bonchev–Trinajstić information content (AvgIpc) is 3.25. The second kappa shape index (κ2) is 10.4. The van der Waals surface area contributed by atoms with Gasteiger partial charge in [0.1, 0.15) is 0 Å². The van der Waals surface area contributed by atoms with Gasteiger partial charge in [0.25, 0.3) is 0 Å². The van der Waals surface area contributed by atoms with Crippen LogP contribution in [0.4, 0.5) is 4.79 Å². The number of amides is 3. The van der Waals surface area contributed by atoms with Gasteiger partial charge in [-0.3, -0.25) is 14.5 Å². The topological polar surface area (TPSA) is 86.7 Å². The molecule has 0 aromatic heterocycles. The number of aliphatic carboxylic acids is 1. The smallest absolute Gasteiger partial charge is 0.324 e. The van der Waals surface area contributed by atoms with Crippen LogP contribution < -0.4 is 5.32 Å². The summed E-state index contributed by atoms with van der Waals surface area (Å²) < 4.78 is 0. The molecule has 0 unspecified atom stereocenters. The molecule has 5 saturated carbocycles. The molecule has 0 aromatic carbocycles. The highest BCUT2D eigenvalue weighted by molar-refractivity contribution is 5.97. The highest BCUT2D eigenvalue weighted by Gasteiger charge is 2.52. The number of hydrogen-bond donors (Lipinski definition) is 2. The molecule has 35 heavy (non-hydrogen) atoms. The molecule has 2 N–H and O–H groups in total. The van der Waals surface area contributed by atoms with Gasteiger partial charge < -0.3 is 10.4 Å². The molecule has 5 fully saturated rings. The highest BCUT2D eigenvalue weighted by atomic mass is 16.4. The van der Waals surface area contributed by atoms with Crippen molar-refractivity contribution in [3.63, 3.8) is 0 Å². The van der Waals surface area contributed by atoms with E-state index < -0.39 is 17.8 Å². The molecule has 6 nitrogen and oxygen atoms in total. The predicted octanol–water partition coefficient (Wildman–Crippen LogP) is 6.24. The van der Waals surface area contributed by atoms with Crippen molar-refractivity contribution in [3.05, 3.63) is 0 Å². The maximum Gasteiger partial charge on any atom is 0.324 e. The number of rotatable bonds is 9. The summed E-state index contributed by atoms with van der Waals surface area (Å²) in [5.74, 6) is -0.0738. The van der Waals surface area contributed by atoms with E-state index in [1.165, 1.54) is 24.2 Å². The van der Waals surface area contributed by atoms with E-state index in [-0.39, 0.29) is 22.9 Å². The molecule has 0 aromatic rings. The largest absolute Gasteiger partial charge is 0.481 e. The van der Waals surface area contributed by atoms with Crippen molar-refractivity contribution in [1.29, 1.82) is 0 Å². The summed E-state index contributed by atoms with van der Waals surface area (Å²) in [4.78, 5) is 41.7. The standard InChI is InChI=1S/C29H48N2O4/c1-5-8-23(24(26(33)34)14-19-9-6-7-10-19)25(32)31(18-28(2,3)4)27(35)30-29-15-20-11-21(16-29)13-22(12-20)17-29/h19-24H,5-18H2,1-4H3,(H,30,35)(H,33,34)/t20?,21?,22?,23-,24+,29?/m1/s1. The summed E-state index contributed by atoms with van der Waals surface area (Å²) >= 11 is 0. The van der Waals surface area contributed by atoms with Crippen LogP contribution >= 0.6 is 0 Å². The summed E-state index contributed by atoms with van der Waals surface area (Å²) in [7, 11) is 0. The Labute approximate surface area is 212 Å². The van der Waals surface area contributed by atoms with Gasteiger partial charge in [-0.25, -0.2) is 4.79 Å². The van der Waals surface area contributed by atoms with Crippen LogP contribution in [0.1, 0.15) is 111 Å². The number of carbonyl (C=O) groups excluding carboxylic acids is 2. The molecule has 0 heterocycles. The number of carbonyl (C=O) groups is 3. The Balaban J connectivity index is 1.55. The average molecular weight is 489 g/mol. The first-order chi connectivity index (χ1) is 16.5. The van der Waals surface area contributed by atoms with Gasteiger partial charge in [-0.05, 0) is 80.5 Å². The number of hydrogen-bond acceptors (Lipinski definition) is 3. The van der Waals surface area contributed by atoms with E-state index in [4.69, 9.17) is 0 Å². The van der Waals surface area contributed by atoms with Crippen LogP contribution in [0.5, 0.6) is 0 Å². The molecule has 4 bridgehead atoms. The molecule has 198 valence electrons. The lowest BCUT2D eigenvalue weighted by molar-refractivity contribution is -0.151. The zero-order chi connectivity index (χ0) is 25.4. The van der Waals surface area contributed by atoms with E-state index in [0.29, 0.717) is 43.1 Å². The molecule has 5 aliphatic carbocycles. The van der Waals surface area contributed by atoms with Gasteiger partial charge in [0.2, 0.25) is 5.91 Å². The maximum atomic E-state index is 14.1. The summed E-state index contributed by atoms with van der Waals surface area (Å²) in [5, 5.41) is 13.6. The minimum absolute atomic E-state index is 0.182. The van der Waals surface area contributed by atoms with Crippen LogP contribution in [0, 0.1) is 40.9 Å². The van der Waals surface area contributed by atoms with Crippen molar-refractivity contribution < 1.29 is 19.5 Å². The SMILES string of the molecule is CCC[C@@H](C(=O)N(CC(C)(C)C)C(=O)NC12CC3CC(CC(C3)C1)C2)[C@H](CC1CCCC1)C(=O)O. The molecule has 0 aliphatic heterocycles. The molecular formula is C29H48N2O4. The molecule has 0 saturated heterocycles. The Hall–Kier alpha value is -1.59. The zero-order valence-electron chi connectivity index (χ0n) is 22.5. The van der Waals surface area contributed by atoms with E-state index in [0.717, 1.165) is 51.4 Å². The van der Waals surface area contributed by atoms with Crippen molar-refractivity contribution in [1.82, 2.24) is 10.2 Å². The van der Waals surface area contributed by atoms with E-state index in [2.05, 4.69) is 5.32 Å². The first kappa shape index (κ1) is 26.5. The van der Waals surface area contributed by atoms with Crippen LogP contribution in [-0.4, -0.2) is 40.0 Å². The fourth-order valence-electron chi connectivity index (χ4n) is 8.33. The number of nitrogens with zero attached hydrogens (tertiary/aromatic N) is 1. The summed E-state index contributed by atoms with van der Waals surface area (Å²) in [6.45, 7) is 8.41. The number of imide groups is 1. The van der Waals surface area contributed by atoms with E-state index in [9.17, 15) is 19.5 Å². The maximum absolute atomic E-state index is 14.1. The molecule has 6 heteroatoms. The van der Waals surface area contributed by atoms with Gasteiger partial charge in [0, 0.05) is 12.1 Å². The number of nitrogens with one attached hydrogen (secondary N) is 1.